The summed E-state index contributed by atoms with van der Waals surface area (Å²) in [4.78, 5) is 22.9. The molecule has 0 saturated carbocycles. The van der Waals surface area contributed by atoms with E-state index in [2.05, 4.69) is 10.1 Å². The first-order valence-electron chi connectivity index (χ1n) is 4.23. The lowest BCUT2D eigenvalue weighted by molar-refractivity contribution is -0.143. The van der Waals surface area contributed by atoms with E-state index in [9.17, 15) is 9.59 Å². The van der Waals surface area contributed by atoms with Crippen LogP contribution in [0.1, 0.15) is 0 Å². The van der Waals surface area contributed by atoms with Crippen LogP contribution in [0.5, 0.6) is 0 Å². The number of rotatable bonds is 7. The van der Waals surface area contributed by atoms with E-state index in [0.717, 1.165) is 6.54 Å². The highest BCUT2D eigenvalue weighted by molar-refractivity contribution is 5.85. The van der Waals surface area contributed by atoms with Crippen molar-refractivity contribution < 1.29 is 19.4 Å². The first-order valence-corrected chi connectivity index (χ1v) is 4.23. The Morgan fingerprint density at radius 1 is 1.33 bits per heavy atom. The van der Waals surface area contributed by atoms with Gasteiger partial charge in [-0.3, -0.25) is 4.79 Å². The summed E-state index contributed by atoms with van der Waals surface area (Å²) < 4.78 is 4.59. The number of ether oxygens (including phenoxy) is 1. The lowest BCUT2D eigenvalue weighted by atomic mass is 10.5. The smallest absolute Gasteiger partial charge is 0.329 e. The van der Waals surface area contributed by atoms with E-state index in [1.807, 2.05) is 19.0 Å². The number of carboxylic acids is 1. The molecular weight excluding hydrogens is 224 g/mol. The maximum Gasteiger partial charge on any atom is 0.329 e. The van der Waals surface area contributed by atoms with Crippen LogP contribution in [0.25, 0.3) is 0 Å². The third-order valence-electron chi connectivity index (χ3n) is 1.34. The molecule has 0 spiro atoms. The Balaban J connectivity index is 0. The number of carbonyl (C=O) groups is 2. The standard InChI is InChI=1S/C8H16N2O4.ClH/c1-10(2)4-3-9-7(11)5-14-6-8(12)13;/h3-6H2,1-2H3,(H,9,11)(H,12,13);1H. The van der Waals surface area contributed by atoms with E-state index in [-0.39, 0.29) is 24.9 Å². The molecule has 15 heavy (non-hydrogen) atoms. The first-order chi connectivity index (χ1) is 6.52. The molecule has 0 atom stereocenters. The summed E-state index contributed by atoms with van der Waals surface area (Å²) in [5, 5.41) is 10.8. The molecule has 7 heteroatoms. The Morgan fingerprint density at radius 2 is 1.93 bits per heavy atom. The van der Waals surface area contributed by atoms with E-state index < -0.39 is 12.6 Å². The molecule has 0 rings (SSSR count). The van der Waals surface area contributed by atoms with Crippen LogP contribution >= 0.6 is 12.4 Å². The summed E-state index contributed by atoms with van der Waals surface area (Å²) in [5.41, 5.74) is 0. The topological polar surface area (TPSA) is 78.9 Å². The van der Waals surface area contributed by atoms with E-state index in [4.69, 9.17) is 5.11 Å². The van der Waals surface area contributed by atoms with Gasteiger partial charge in [-0.15, -0.1) is 12.4 Å². The molecule has 0 heterocycles. The molecule has 6 nitrogen and oxygen atoms in total. The van der Waals surface area contributed by atoms with Crippen molar-refractivity contribution in [2.75, 3.05) is 40.4 Å². The SMILES string of the molecule is CN(C)CCNC(=O)COCC(=O)O.Cl. The van der Waals surface area contributed by atoms with Crippen LogP contribution in [0.2, 0.25) is 0 Å². The molecule has 2 N–H and O–H groups in total. The van der Waals surface area contributed by atoms with Gasteiger partial charge in [0.15, 0.2) is 0 Å². The van der Waals surface area contributed by atoms with Crippen molar-refractivity contribution in [1.82, 2.24) is 10.2 Å². The molecule has 0 aliphatic carbocycles. The number of carboxylic acid groups (broad SMARTS) is 1. The van der Waals surface area contributed by atoms with Crippen LogP contribution in [0, 0.1) is 0 Å². The number of halogens is 1. The highest BCUT2D eigenvalue weighted by Crippen LogP contribution is 1.76. The Morgan fingerprint density at radius 3 is 2.40 bits per heavy atom. The molecule has 0 saturated heterocycles. The fourth-order valence-electron chi connectivity index (χ4n) is 0.701. The van der Waals surface area contributed by atoms with Crippen molar-refractivity contribution in [3.05, 3.63) is 0 Å². The van der Waals surface area contributed by atoms with Gasteiger partial charge in [-0.25, -0.2) is 4.79 Å². The van der Waals surface area contributed by atoms with Crippen LogP contribution in [-0.2, 0) is 14.3 Å². The number of carbonyl (C=O) groups excluding carboxylic acids is 1. The number of aliphatic carboxylic acids is 1. The largest absolute Gasteiger partial charge is 0.480 e. The summed E-state index contributed by atoms with van der Waals surface area (Å²) in [5.74, 6) is -1.38. The van der Waals surface area contributed by atoms with E-state index in [0.29, 0.717) is 6.54 Å². The third-order valence-corrected chi connectivity index (χ3v) is 1.34. The van der Waals surface area contributed by atoms with Crippen molar-refractivity contribution >= 4 is 24.3 Å². The predicted octanol–water partition coefficient (Wildman–Crippen LogP) is -0.813. The minimum absolute atomic E-state index is 0. The Kier molecular flexibility index (Phi) is 10.7. The number of likely N-dealkylation sites (N-methyl/N-ethyl adjacent to an activating group) is 1. The summed E-state index contributed by atoms with van der Waals surface area (Å²) in [7, 11) is 3.79. The van der Waals surface area contributed by atoms with Gasteiger partial charge in [-0.05, 0) is 14.1 Å². The van der Waals surface area contributed by atoms with E-state index in [1.165, 1.54) is 0 Å². The second-order valence-corrected chi connectivity index (χ2v) is 3.04. The molecule has 0 aromatic heterocycles. The number of nitrogens with zero attached hydrogens (tertiary/aromatic N) is 1. The van der Waals surface area contributed by atoms with Gasteiger partial charge in [0.1, 0.15) is 13.2 Å². The maximum absolute atomic E-state index is 11.0. The van der Waals surface area contributed by atoms with Crippen LogP contribution in [0.3, 0.4) is 0 Å². The van der Waals surface area contributed by atoms with Gasteiger partial charge < -0.3 is 20.1 Å². The van der Waals surface area contributed by atoms with Gasteiger partial charge in [0, 0.05) is 13.1 Å². The lowest BCUT2D eigenvalue weighted by Crippen LogP contribution is -2.34. The minimum Gasteiger partial charge on any atom is -0.480 e. The van der Waals surface area contributed by atoms with Gasteiger partial charge in [-0.1, -0.05) is 0 Å². The maximum atomic E-state index is 11.0. The van der Waals surface area contributed by atoms with Crippen molar-refractivity contribution in [2.45, 2.75) is 0 Å². The lowest BCUT2D eigenvalue weighted by Gasteiger charge is -2.10. The minimum atomic E-state index is -1.08. The predicted molar refractivity (Wildman–Crippen MR) is 57.3 cm³/mol. The molecule has 0 aliphatic rings. The molecule has 0 bridgehead atoms. The van der Waals surface area contributed by atoms with Crippen molar-refractivity contribution in [1.29, 1.82) is 0 Å². The second-order valence-electron chi connectivity index (χ2n) is 3.04. The summed E-state index contributed by atoms with van der Waals surface area (Å²) in [6.07, 6.45) is 0. The van der Waals surface area contributed by atoms with Gasteiger partial charge in [0.2, 0.25) is 5.91 Å². The van der Waals surface area contributed by atoms with Crippen LogP contribution < -0.4 is 5.32 Å². The quantitative estimate of drug-likeness (QED) is 0.608. The number of hydrogen-bond acceptors (Lipinski definition) is 4. The Labute approximate surface area is 95.0 Å². The zero-order valence-corrected chi connectivity index (χ0v) is 9.67. The number of hydrogen-bond donors (Lipinski definition) is 2. The summed E-state index contributed by atoms with van der Waals surface area (Å²) >= 11 is 0. The molecule has 0 fully saturated rings. The summed E-state index contributed by atoms with van der Waals surface area (Å²) in [6.45, 7) is 0.619. The third kappa shape index (κ3) is 13.2. The van der Waals surface area contributed by atoms with Gasteiger partial charge in [0.05, 0.1) is 0 Å². The zero-order valence-electron chi connectivity index (χ0n) is 8.86. The zero-order chi connectivity index (χ0) is 11.0. The van der Waals surface area contributed by atoms with Crippen molar-refractivity contribution in [2.24, 2.45) is 0 Å². The highest BCUT2D eigenvalue weighted by atomic mass is 35.5. The Bertz CT molecular complexity index is 199. The highest BCUT2D eigenvalue weighted by Gasteiger charge is 2.02. The van der Waals surface area contributed by atoms with Crippen LogP contribution in [0.4, 0.5) is 0 Å². The van der Waals surface area contributed by atoms with Gasteiger partial charge in [0.25, 0.3) is 0 Å². The first kappa shape index (κ1) is 16.6. The average Bonchev–Trinajstić information content (AvgIpc) is 2.02. The normalized spacial score (nSPS) is 9.53. The second kappa shape index (κ2) is 9.70. The molecular formula is C8H17ClN2O4. The number of nitrogens with one attached hydrogen (secondary N) is 1. The number of amides is 1. The van der Waals surface area contributed by atoms with Crippen LogP contribution in [0.15, 0.2) is 0 Å². The molecule has 0 aromatic rings. The van der Waals surface area contributed by atoms with E-state index in [1.54, 1.807) is 0 Å². The van der Waals surface area contributed by atoms with Gasteiger partial charge in [-0.2, -0.15) is 0 Å². The average molecular weight is 241 g/mol. The van der Waals surface area contributed by atoms with E-state index >= 15 is 0 Å². The van der Waals surface area contributed by atoms with Crippen LogP contribution in [-0.4, -0.2) is 62.3 Å². The molecule has 0 aromatic carbocycles. The Hall–Kier alpha value is -0.850. The molecule has 0 radical (unpaired) electrons. The molecule has 0 aliphatic heterocycles. The fraction of sp³-hybridized carbons (Fsp3) is 0.750. The van der Waals surface area contributed by atoms with Crippen molar-refractivity contribution in [3.8, 4) is 0 Å². The van der Waals surface area contributed by atoms with Gasteiger partial charge >= 0.3 is 5.97 Å². The molecule has 0 unspecified atom stereocenters. The molecule has 1 amide bonds. The molecule has 90 valence electrons. The van der Waals surface area contributed by atoms with Crippen molar-refractivity contribution in [3.63, 3.8) is 0 Å². The summed E-state index contributed by atoms with van der Waals surface area (Å²) in [6, 6.07) is 0. The fourth-order valence-corrected chi connectivity index (χ4v) is 0.701. The monoisotopic (exact) mass is 240 g/mol.